The molecule has 1 aromatic carbocycles. The van der Waals surface area contributed by atoms with E-state index in [1.54, 1.807) is 19.0 Å². The zero-order valence-corrected chi connectivity index (χ0v) is 10.7. The Balaban J connectivity index is 2.51. The van der Waals surface area contributed by atoms with E-state index in [-0.39, 0.29) is 11.6 Å². The van der Waals surface area contributed by atoms with Crippen molar-refractivity contribution in [2.75, 3.05) is 25.5 Å². The van der Waals surface area contributed by atoms with E-state index >= 15 is 0 Å². The first-order valence-corrected chi connectivity index (χ1v) is 5.77. The lowest BCUT2D eigenvalue weighted by Crippen LogP contribution is -2.31. The van der Waals surface area contributed by atoms with E-state index in [0.717, 1.165) is 11.3 Å². The molecular weight excluding hydrogens is 230 g/mol. The molecule has 94 valence electrons. The van der Waals surface area contributed by atoms with Crippen LogP contribution in [-0.4, -0.2) is 43.2 Å². The largest absolute Gasteiger partial charge is 0.343 e. The first kappa shape index (κ1) is 12.3. The topological polar surface area (TPSA) is 53.0 Å². The van der Waals surface area contributed by atoms with Gasteiger partial charge < -0.3 is 9.80 Å². The van der Waals surface area contributed by atoms with Gasteiger partial charge in [-0.2, -0.15) is 4.99 Å². The van der Waals surface area contributed by atoms with Gasteiger partial charge in [0, 0.05) is 26.2 Å². The van der Waals surface area contributed by atoms with Crippen LogP contribution in [0.4, 0.5) is 10.5 Å². The van der Waals surface area contributed by atoms with Crippen molar-refractivity contribution in [3.63, 3.8) is 0 Å². The van der Waals surface area contributed by atoms with Crippen LogP contribution in [0.3, 0.4) is 0 Å². The highest BCUT2D eigenvalue weighted by Crippen LogP contribution is 2.28. The van der Waals surface area contributed by atoms with Gasteiger partial charge in [-0.1, -0.05) is 18.2 Å². The molecule has 1 aromatic rings. The fourth-order valence-electron chi connectivity index (χ4n) is 1.88. The number of urea groups is 1. The number of aliphatic imine (C=N–C) groups is 1. The first-order valence-electron chi connectivity index (χ1n) is 5.77. The van der Waals surface area contributed by atoms with E-state index in [9.17, 15) is 9.59 Å². The highest BCUT2D eigenvalue weighted by atomic mass is 16.2. The number of fused-ring (bicyclic) bond motifs is 1. The Labute approximate surface area is 106 Å². The normalized spacial score (nSPS) is 16.1. The van der Waals surface area contributed by atoms with Gasteiger partial charge in [0.05, 0.1) is 5.69 Å². The molecule has 0 saturated heterocycles. The van der Waals surface area contributed by atoms with E-state index in [4.69, 9.17) is 0 Å². The number of likely N-dealkylation sites (N-methyl/N-ethyl adjacent to an activating group) is 1. The summed E-state index contributed by atoms with van der Waals surface area (Å²) >= 11 is 0. The molecule has 0 unspecified atom stereocenters. The summed E-state index contributed by atoms with van der Waals surface area (Å²) in [6.07, 6.45) is 0. The molecule has 0 saturated carbocycles. The number of anilines is 1. The predicted molar refractivity (Wildman–Crippen MR) is 70.1 cm³/mol. The summed E-state index contributed by atoms with van der Waals surface area (Å²) in [5.74, 6) is -0.214. The Bertz CT molecular complexity index is 535. The Morgan fingerprint density at radius 2 is 2.00 bits per heavy atom. The van der Waals surface area contributed by atoms with E-state index in [1.165, 1.54) is 4.90 Å². The summed E-state index contributed by atoms with van der Waals surface area (Å²) in [5, 5.41) is 0. The first-order chi connectivity index (χ1) is 8.56. The Morgan fingerprint density at radius 1 is 1.33 bits per heavy atom. The van der Waals surface area contributed by atoms with Crippen molar-refractivity contribution >= 4 is 23.3 Å². The zero-order valence-electron chi connectivity index (χ0n) is 10.7. The molecule has 0 spiro atoms. The van der Waals surface area contributed by atoms with Gasteiger partial charge in [-0.3, -0.25) is 4.79 Å². The van der Waals surface area contributed by atoms with Crippen LogP contribution in [0.1, 0.15) is 12.5 Å². The Kier molecular flexibility index (Phi) is 3.14. The molecule has 0 aromatic heterocycles. The van der Waals surface area contributed by atoms with Crippen LogP contribution >= 0.6 is 0 Å². The van der Waals surface area contributed by atoms with Crippen LogP contribution in [0.5, 0.6) is 0 Å². The van der Waals surface area contributed by atoms with Gasteiger partial charge in [0.25, 0.3) is 5.91 Å². The second kappa shape index (κ2) is 4.60. The Morgan fingerprint density at radius 3 is 2.61 bits per heavy atom. The lowest BCUT2D eigenvalue weighted by atomic mass is 10.1. The van der Waals surface area contributed by atoms with Gasteiger partial charge in [-0.15, -0.1) is 0 Å². The number of amides is 3. The summed E-state index contributed by atoms with van der Waals surface area (Å²) in [7, 11) is 3.21. The third-order valence-electron chi connectivity index (χ3n) is 2.80. The quantitative estimate of drug-likeness (QED) is 0.753. The maximum Gasteiger partial charge on any atom is 0.343 e. The molecular formula is C13H15N3O2. The smallest absolute Gasteiger partial charge is 0.329 e. The molecule has 0 atom stereocenters. The molecule has 5 nitrogen and oxygen atoms in total. The second-order valence-corrected chi connectivity index (χ2v) is 4.20. The van der Waals surface area contributed by atoms with Crippen molar-refractivity contribution in [2.24, 2.45) is 4.99 Å². The monoisotopic (exact) mass is 245 g/mol. The van der Waals surface area contributed by atoms with E-state index in [1.807, 2.05) is 31.2 Å². The van der Waals surface area contributed by atoms with Crippen LogP contribution < -0.4 is 4.90 Å². The molecule has 0 aliphatic carbocycles. The number of para-hydroxylation sites is 1. The van der Waals surface area contributed by atoms with Crippen LogP contribution in [-0.2, 0) is 4.79 Å². The number of carbonyl (C=O) groups excluding carboxylic acids is 2. The van der Waals surface area contributed by atoms with Crippen molar-refractivity contribution in [3.05, 3.63) is 29.8 Å². The molecule has 3 amide bonds. The van der Waals surface area contributed by atoms with Crippen LogP contribution in [0.2, 0.25) is 0 Å². The molecule has 2 rings (SSSR count). The van der Waals surface area contributed by atoms with Crippen molar-refractivity contribution in [3.8, 4) is 0 Å². The standard InChI is InChI=1S/C13H15N3O2/c1-4-16-10-8-6-5-7-9(10)11(12(16)17)14-13(18)15(2)3/h5-8H,4H2,1-3H3/b14-11-. The summed E-state index contributed by atoms with van der Waals surface area (Å²) in [4.78, 5) is 30.7. The lowest BCUT2D eigenvalue weighted by Gasteiger charge is -2.13. The second-order valence-electron chi connectivity index (χ2n) is 4.20. The minimum atomic E-state index is -0.425. The molecule has 1 aliphatic rings. The fourth-order valence-corrected chi connectivity index (χ4v) is 1.88. The number of rotatable bonds is 1. The average Bonchev–Trinajstić information content (AvgIpc) is 2.62. The maximum atomic E-state index is 12.2. The number of hydrogen-bond acceptors (Lipinski definition) is 2. The third kappa shape index (κ3) is 1.88. The third-order valence-corrected chi connectivity index (χ3v) is 2.80. The summed E-state index contributed by atoms with van der Waals surface area (Å²) in [5.41, 5.74) is 1.76. The molecule has 5 heteroatoms. The highest BCUT2D eigenvalue weighted by molar-refractivity contribution is 6.55. The van der Waals surface area contributed by atoms with Crippen LogP contribution in [0.15, 0.2) is 29.3 Å². The van der Waals surface area contributed by atoms with Gasteiger partial charge in [0.15, 0.2) is 0 Å². The van der Waals surface area contributed by atoms with E-state index < -0.39 is 6.03 Å². The average molecular weight is 245 g/mol. The van der Waals surface area contributed by atoms with Gasteiger partial charge in [-0.25, -0.2) is 4.79 Å². The summed E-state index contributed by atoms with van der Waals surface area (Å²) in [6.45, 7) is 2.45. The molecule has 1 heterocycles. The lowest BCUT2D eigenvalue weighted by molar-refractivity contribution is -0.112. The van der Waals surface area contributed by atoms with Crippen LogP contribution in [0, 0.1) is 0 Å². The number of hydrogen-bond donors (Lipinski definition) is 0. The van der Waals surface area contributed by atoms with Gasteiger partial charge in [0.2, 0.25) is 0 Å². The molecule has 0 radical (unpaired) electrons. The Hall–Kier alpha value is -2.17. The van der Waals surface area contributed by atoms with E-state index in [0.29, 0.717) is 6.54 Å². The minimum Gasteiger partial charge on any atom is -0.329 e. The van der Waals surface area contributed by atoms with Crippen LogP contribution in [0.25, 0.3) is 0 Å². The minimum absolute atomic E-state index is 0.214. The van der Waals surface area contributed by atoms with Gasteiger partial charge >= 0.3 is 6.03 Å². The molecule has 1 aliphatic heterocycles. The molecule has 0 N–H and O–H groups in total. The fraction of sp³-hybridized carbons (Fsp3) is 0.308. The predicted octanol–water partition coefficient (Wildman–Crippen LogP) is 1.52. The zero-order chi connectivity index (χ0) is 13.3. The summed E-state index contributed by atoms with van der Waals surface area (Å²) < 4.78 is 0. The molecule has 0 bridgehead atoms. The molecule has 18 heavy (non-hydrogen) atoms. The van der Waals surface area contributed by atoms with E-state index in [2.05, 4.69) is 4.99 Å². The SMILES string of the molecule is CCN1C(=O)/C(=N\C(=O)N(C)C)c2ccccc21. The number of benzene rings is 1. The molecule has 0 fully saturated rings. The maximum absolute atomic E-state index is 12.2. The van der Waals surface area contributed by atoms with Gasteiger partial charge in [0.1, 0.15) is 5.71 Å². The number of carbonyl (C=O) groups is 2. The van der Waals surface area contributed by atoms with Crippen molar-refractivity contribution in [1.82, 2.24) is 4.90 Å². The van der Waals surface area contributed by atoms with Gasteiger partial charge in [-0.05, 0) is 13.0 Å². The van der Waals surface area contributed by atoms with Crippen molar-refractivity contribution < 1.29 is 9.59 Å². The number of nitrogens with zero attached hydrogens (tertiary/aromatic N) is 3. The van der Waals surface area contributed by atoms with Crippen molar-refractivity contribution in [1.29, 1.82) is 0 Å². The van der Waals surface area contributed by atoms with Crippen molar-refractivity contribution in [2.45, 2.75) is 6.92 Å². The highest BCUT2D eigenvalue weighted by Gasteiger charge is 2.33. The summed E-state index contributed by atoms with van der Waals surface area (Å²) in [6, 6.07) is 6.95.